The molecule has 23 heavy (non-hydrogen) atoms. The molecule has 3 aromatic rings. The van der Waals surface area contributed by atoms with Gasteiger partial charge in [-0.05, 0) is 25.1 Å². The van der Waals surface area contributed by atoms with E-state index in [9.17, 15) is 4.79 Å². The van der Waals surface area contributed by atoms with Crippen molar-refractivity contribution in [3.05, 3.63) is 48.3 Å². The first-order valence-corrected chi connectivity index (χ1v) is 7.79. The molecule has 2 heterocycles. The van der Waals surface area contributed by atoms with Gasteiger partial charge in [-0.1, -0.05) is 29.5 Å². The van der Waals surface area contributed by atoms with Gasteiger partial charge >= 0.3 is 0 Å². The Kier molecular flexibility index (Phi) is 4.62. The predicted molar refractivity (Wildman–Crippen MR) is 85.9 cm³/mol. The number of nitrogens with one attached hydrogen (secondary N) is 1. The van der Waals surface area contributed by atoms with Gasteiger partial charge in [0.2, 0.25) is 17.7 Å². The zero-order valence-electron chi connectivity index (χ0n) is 12.3. The van der Waals surface area contributed by atoms with Gasteiger partial charge in [-0.25, -0.2) is 9.97 Å². The fourth-order valence-corrected chi connectivity index (χ4v) is 2.38. The van der Waals surface area contributed by atoms with Crippen LogP contribution in [0.5, 0.6) is 0 Å². The highest BCUT2D eigenvalue weighted by atomic mass is 32.2. The third-order valence-corrected chi connectivity index (χ3v) is 3.63. The molecule has 0 unspecified atom stereocenters. The molecule has 0 spiro atoms. The predicted octanol–water partition coefficient (Wildman–Crippen LogP) is 2.57. The van der Waals surface area contributed by atoms with Crippen molar-refractivity contribution in [2.45, 2.75) is 12.1 Å². The summed E-state index contributed by atoms with van der Waals surface area (Å²) in [7, 11) is 0. The minimum Gasteiger partial charge on any atom is -0.411 e. The summed E-state index contributed by atoms with van der Waals surface area (Å²) in [4.78, 5) is 19.6. The number of rotatable bonds is 5. The molecule has 0 fully saturated rings. The van der Waals surface area contributed by atoms with Crippen LogP contribution in [-0.2, 0) is 4.79 Å². The van der Waals surface area contributed by atoms with Gasteiger partial charge in [0.1, 0.15) is 0 Å². The summed E-state index contributed by atoms with van der Waals surface area (Å²) in [6.07, 6.45) is 3.11. The van der Waals surface area contributed by atoms with Gasteiger partial charge in [0.25, 0.3) is 5.22 Å². The van der Waals surface area contributed by atoms with E-state index in [1.165, 1.54) is 0 Å². The Bertz CT molecular complexity index is 806. The molecule has 0 atom stereocenters. The number of amides is 1. The Morgan fingerprint density at radius 3 is 2.83 bits per heavy atom. The van der Waals surface area contributed by atoms with E-state index >= 15 is 0 Å². The summed E-state index contributed by atoms with van der Waals surface area (Å²) in [6, 6.07) is 9.45. The first kappa shape index (κ1) is 15.2. The molecule has 0 aliphatic heterocycles. The molecule has 0 saturated heterocycles. The number of nitrogens with zero attached hydrogens (tertiary/aromatic N) is 4. The van der Waals surface area contributed by atoms with Crippen molar-refractivity contribution in [2.24, 2.45) is 0 Å². The molecule has 0 aliphatic rings. The molecule has 116 valence electrons. The molecule has 8 heteroatoms. The van der Waals surface area contributed by atoms with Crippen molar-refractivity contribution in [2.75, 3.05) is 11.1 Å². The van der Waals surface area contributed by atoms with Crippen LogP contribution in [-0.4, -0.2) is 31.8 Å². The largest absolute Gasteiger partial charge is 0.411 e. The number of benzene rings is 1. The average Bonchev–Trinajstić information content (AvgIpc) is 3.03. The van der Waals surface area contributed by atoms with Crippen molar-refractivity contribution < 1.29 is 9.21 Å². The lowest BCUT2D eigenvalue weighted by Crippen LogP contribution is -2.15. The molecular weight excluding hydrogens is 314 g/mol. The third kappa shape index (κ3) is 4.13. The topological polar surface area (TPSA) is 93.8 Å². The summed E-state index contributed by atoms with van der Waals surface area (Å²) >= 11 is 1.16. The zero-order valence-corrected chi connectivity index (χ0v) is 13.1. The lowest BCUT2D eigenvalue weighted by molar-refractivity contribution is -0.113. The van der Waals surface area contributed by atoms with E-state index in [4.69, 9.17) is 4.42 Å². The first-order chi connectivity index (χ1) is 11.2. The maximum absolute atomic E-state index is 11.8. The lowest BCUT2D eigenvalue weighted by atomic mass is 10.1. The Balaban J connectivity index is 1.58. The van der Waals surface area contributed by atoms with Crippen LogP contribution in [0.25, 0.3) is 11.5 Å². The van der Waals surface area contributed by atoms with E-state index in [1.54, 1.807) is 18.5 Å². The van der Waals surface area contributed by atoms with E-state index in [2.05, 4.69) is 25.5 Å². The molecule has 1 aromatic carbocycles. The molecule has 7 nitrogen and oxygen atoms in total. The normalized spacial score (nSPS) is 10.5. The van der Waals surface area contributed by atoms with Crippen LogP contribution in [0, 0.1) is 6.92 Å². The number of hydrogen-bond donors (Lipinski definition) is 1. The van der Waals surface area contributed by atoms with Gasteiger partial charge in [-0.3, -0.25) is 10.1 Å². The van der Waals surface area contributed by atoms with E-state index < -0.39 is 0 Å². The Hall–Kier alpha value is -2.74. The summed E-state index contributed by atoms with van der Waals surface area (Å²) < 4.78 is 5.55. The van der Waals surface area contributed by atoms with E-state index in [1.807, 2.05) is 31.2 Å². The molecule has 0 radical (unpaired) electrons. The molecule has 1 N–H and O–H groups in total. The maximum Gasteiger partial charge on any atom is 0.277 e. The fraction of sp³-hybridized carbons (Fsp3) is 0.133. The van der Waals surface area contributed by atoms with Crippen LogP contribution < -0.4 is 5.32 Å². The van der Waals surface area contributed by atoms with Crippen LogP contribution >= 0.6 is 11.8 Å². The summed E-state index contributed by atoms with van der Waals surface area (Å²) in [6.45, 7) is 1.99. The first-order valence-electron chi connectivity index (χ1n) is 6.81. The number of aromatic nitrogens is 4. The number of hydrogen-bond acceptors (Lipinski definition) is 7. The number of aryl methyl sites for hydroxylation is 1. The Morgan fingerprint density at radius 2 is 2.04 bits per heavy atom. The minimum atomic E-state index is -0.239. The minimum absolute atomic E-state index is 0.133. The molecule has 0 saturated carbocycles. The number of thioether (sulfide) groups is 1. The second-order valence-electron chi connectivity index (χ2n) is 4.65. The quantitative estimate of drug-likeness (QED) is 0.720. The second kappa shape index (κ2) is 7.01. The van der Waals surface area contributed by atoms with Gasteiger partial charge in [-0.15, -0.1) is 10.2 Å². The SMILES string of the molecule is Cc1cccc(-c2nnc(SCC(=O)Nc3ncccn3)o2)c1. The van der Waals surface area contributed by atoms with E-state index in [0.29, 0.717) is 11.1 Å². The van der Waals surface area contributed by atoms with Crippen LogP contribution in [0.2, 0.25) is 0 Å². The van der Waals surface area contributed by atoms with E-state index in [-0.39, 0.29) is 17.6 Å². The smallest absolute Gasteiger partial charge is 0.277 e. The van der Waals surface area contributed by atoms with Crippen LogP contribution in [0.4, 0.5) is 5.95 Å². The molecule has 2 aromatic heterocycles. The third-order valence-electron chi connectivity index (χ3n) is 2.82. The molecule has 1 amide bonds. The van der Waals surface area contributed by atoms with Crippen LogP contribution in [0.1, 0.15) is 5.56 Å². The number of carbonyl (C=O) groups excluding carboxylic acids is 1. The standard InChI is InChI=1S/C15H13N5O2S/c1-10-4-2-5-11(8-10)13-19-20-15(22-13)23-9-12(21)18-14-16-6-3-7-17-14/h2-8H,9H2,1H3,(H,16,17,18,21). The number of anilines is 1. The fourth-order valence-electron chi connectivity index (χ4n) is 1.81. The second-order valence-corrected chi connectivity index (χ2v) is 5.58. The maximum atomic E-state index is 11.8. The summed E-state index contributed by atoms with van der Waals surface area (Å²) in [5, 5.41) is 10.9. The van der Waals surface area contributed by atoms with Crippen molar-refractivity contribution in [3.8, 4) is 11.5 Å². The lowest BCUT2D eigenvalue weighted by Gasteiger charge is -2.00. The van der Waals surface area contributed by atoms with Gasteiger partial charge in [0.05, 0.1) is 5.75 Å². The molecule has 0 aliphatic carbocycles. The van der Waals surface area contributed by atoms with Crippen molar-refractivity contribution >= 4 is 23.6 Å². The Morgan fingerprint density at radius 1 is 1.22 bits per heavy atom. The van der Waals surface area contributed by atoms with Crippen molar-refractivity contribution in [1.82, 2.24) is 20.2 Å². The highest BCUT2D eigenvalue weighted by molar-refractivity contribution is 7.99. The number of carbonyl (C=O) groups is 1. The monoisotopic (exact) mass is 327 g/mol. The average molecular weight is 327 g/mol. The van der Waals surface area contributed by atoms with E-state index in [0.717, 1.165) is 22.9 Å². The van der Waals surface area contributed by atoms with Gasteiger partial charge in [-0.2, -0.15) is 0 Å². The summed E-state index contributed by atoms with van der Waals surface area (Å²) in [5.74, 6) is 0.594. The van der Waals surface area contributed by atoms with Crippen molar-refractivity contribution in [1.29, 1.82) is 0 Å². The van der Waals surface area contributed by atoms with Crippen LogP contribution in [0.3, 0.4) is 0 Å². The Labute approximate surface area is 136 Å². The zero-order chi connectivity index (χ0) is 16.1. The van der Waals surface area contributed by atoms with Crippen LogP contribution in [0.15, 0.2) is 52.4 Å². The summed E-state index contributed by atoms with van der Waals surface area (Å²) in [5.41, 5.74) is 1.96. The van der Waals surface area contributed by atoms with Gasteiger partial charge < -0.3 is 4.42 Å². The van der Waals surface area contributed by atoms with Crippen molar-refractivity contribution in [3.63, 3.8) is 0 Å². The molecule has 0 bridgehead atoms. The highest BCUT2D eigenvalue weighted by Gasteiger charge is 2.12. The van der Waals surface area contributed by atoms with Gasteiger partial charge in [0.15, 0.2) is 0 Å². The molecule has 3 rings (SSSR count). The highest BCUT2D eigenvalue weighted by Crippen LogP contribution is 2.23. The van der Waals surface area contributed by atoms with Gasteiger partial charge in [0, 0.05) is 18.0 Å². The molecular formula is C15H13N5O2S.